The normalized spacial score (nSPS) is 14.6. The number of esters is 1. The van der Waals surface area contributed by atoms with E-state index in [2.05, 4.69) is 10.1 Å². The van der Waals surface area contributed by atoms with Crippen molar-refractivity contribution in [1.29, 1.82) is 0 Å². The van der Waals surface area contributed by atoms with Crippen molar-refractivity contribution >= 4 is 23.5 Å². The lowest BCUT2D eigenvalue weighted by molar-refractivity contribution is -0.151. The van der Waals surface area contributed by atoms with Crippen LogP contribution in [0.15, 0.2) is 47.1 Å². The van der Waals surface area contributed by atoms with E-state index < -0.39 is 0 Å². The number of carbonyl (C=O) groups excluding carboxylic acids is 2. The molecule has 0 N–H and O–H groups in total. The third-order valence-electron chi connectivity index (χ3n) is 5.35. The van der Waals surface area contributed by atoms with Gasteiger partial charge < -0.3 is 18.7 Å². The highest BCUT2D eigenvalue weighted by atomic mass is 35.5. The van der Waals surface area contributed by atoms with E-state index >= 15 is 0 Å². The Morgan fingerprint density at radius 2 is 1.94 bits per heavy atom. The van der Waals surface area contributed by atoms with E-state index in [0.717, 1.165) is 5.56 Å². The summed E-state index contributed by atoms with van der Waals surface area (Å²) in [6, 6.07) is 10.8. The molecule has 0 saturated carbocycles. The van der Waals surface area contributed by atoms with Crippen molar-refractivity contribution in [2.24, 2.45) is 5.92 Å². The molecule has 4 rings (SSSR count). The summed E-state index contributed by atoms with van der Waals surface area (Å²) in [5, 5.41) is 4.67. The molecule has 162 valence electrons. The zero-order chi connectivity index (χ0) is 21.8. The second-order valence-electron chi connectivity index (χ2n) is 7.36. The van der Waals surface area contributed by atoms with Crippen LogP contribution in [0.2, 0.25) is 5.02 Å². The van der Waals surface area contributed by atoms with Crippen LogP contribution in [0.1, 0.15) is 19.8 Å². The van der Waals surface area contributed by atoms with Gasteiger partial charge in [0.2, 0.25) is 11.7 Å². The standard InChI is InChI=1S/C22H23ClN4O4/c1-2-30-22(29)16-9-12-26(13-10-16)19(28)14-27-11-3-4-18(27)21-24-20(25-31-21)15-5-7-17(23)8-6-15/h3-8,11,16H,2,9-10,12-14H2,1H3. The number of nitrogens with zero attached hydrogens (tertiary/aromatic N) is 4. The van der Waals surface area contributed by atoms with Gasteiger partial charge in [0.25, 0.3) is 5.89 Å². The first kappa shape index (κ1) is 21.1. The molecule has 8 nitrogen and oxygen atoms in total. The predicted molar refractivity (Wildman–Crippen MR) is 114 cm³/mol. The Bertz CT molecular complexity index is 1050. The van der Waals surface area contributed by atoms with E-state index in [9.17, 15) is 9.59 Å². The second kappa shape index (κ2) is 9.34. The van der Waals surface area contributed by atoms with Crippen molar-refractivity contribution in [3.05, 3.63) is 47.6 Å². The fourth-order valence-electron chi connectivity index (χ4n) is 3.66. The van der Waals surface area contributed by atoms with Gasteiger partial charge in [-0.3, -0.25) is 9.59 Å². The zero-order valence-electron chi connectivity index (χ0n) is 17.2. The van der Waals surface area contributed by atoms with E-state index in [0.29, 0.717) is 55.0 Å². The summed E-state index contributed by atoms with van der Waals surface area (Å²) in [5.41, 5.74) is 1.46. The third kappa shape index (κ3) is 4.80. The molecule has 1 aliphatic rings. The molecule has 2 aromatic heterocycles. The Morgan fingerprint density at radius 1 is 1.19 bits per heavy atom. The van der Waals surface area contributed by atoms with Gasteiger partial charge in [0, 0.05) is 29.9 Å². The molecule has 3 aromatic rings. The number of piperidine rings is 1. The average Bonchev–Trinajstić information content (AvgIpc) is 3.44. The van der Waals surface area contributed by atoms with Gasteiger partial charge in [-0.1, -0.05) is 16.8 Å². The summed E-state index contributed by atoms with van der Waals surface area (Å²) < 4.78 is 12.3. The van der Waals surface area contributed by atoms with Crippen molar-refractivity contribution in [3.8, 4) is 23.0 Å². The summed E-state index contributed by atoms with van der Waals surface area (Å²) in [6.07, 6.45) is 3.05. The Hall–Kier alpha value is -3.13. The lowest BCUT2D eigenvalue weighted by Gasteiger charge is -2.31. The number of ether oxygens (including phenoxy) is 1. The summed E-state index contributed by atoms with van der Waals surface area (Å²) in [5.74, 6) is 0.471. The average molecular weight is 443 g/mol. The summed E-state index contributed by atoms with van der Waals surface area (Å²) in [6.45, 7) is 3.42. The topological polar surface area (TPSA) is 90.5 Å². The Kier molecular flexibility index (Phi) is 6.36. The highest BCUT2D eigenvalue weighted by Gasteiger charge is 2.28. The molecule has 0 atom stereocenters. The maximum atomic E-state index is 12.8. The molecular weight excluding hydrogens is 420 g/mol. The van der Waals surface area contributed by atoms with E-state index in [1.165, 1.54) is 0 Å². The van der Waals surface area contributed by atoms with E-state index in [-0.39, 0.29) is 24.3 Å². The first-order valence-corrected chi connectivity index (χ1v) is 10.6. The molecule has 0 unspecified atom stereocenters. The smallest absolute Gasteiger partial charge is 0.309 e. The molecule has 1 fully saturated rings. The molecular formula is C22H23ClN4O4. The first-order valence-electron chi connectivity index (χ1n) is 10.2. The third-order valence-corrected chi connectivity index (χ3v) is 5.60. The van der Waals surface area contributed by atoms with E-state index in [4.69, 9.17) is 20.9 Å². The number of rotatable bonds is 6. The molecule has 1 saturated heterocycles. The Balaban J connectivity index is 1.41. The Morgan fingerprint density at radius 3 is 2.65 bits per heavy atom. The van der Waals surface area contributed by atoms with Crippen molar-refractivity contribution in [3.63, 3.8) is 0 Å². The van der Waals surface area contributed by atoms with Crippen LogP contribution >= 0.6 is 11.6 Å². The highest BCUT2D eigenvalue weighted by molar-refractivity contribution is 6.30. The van der Waals surface area contributed by atoms with Gasteiger partial charge >= 0.3 is 5.97 Å². The number of benzene rings is 1. The molecule has 3 heterocycles. The van der Waals surface area contributed by atoms with Gasteiger partial charge in [-0.15, -0.1) is 0 Å². The van der Waals surface area contributed by atoms with Crippen LogP contribution in [0.4, 0.5) is 0 Å². The number of halogens is 1. The molecule has 0 spiro atoms. The molecule has 1 amide bonds. The lowest BCUT2D eigenvalue weighted by atomic mass is 9.97. The monoisotopic (exact) mass is 442 g/mol. The molecule has 31 heavy (non-hydrogen) atoms. The van der Waals surface area contributed by atoms with Gasteiger partial charge in [-0.25, -0.2) is 0 Å². The maximum Gasteiger partial charge on any atom is 0.309 e. The number of aromatic nitrogens is 3. The summed E-state index contributed by atoms with van der Waals surface area (Å²) >= 11 is 5.93. The lowest BCUT2D eigenvalue weighted by Crippen LogP contribution is -2.42. The number of likely N-dealkylation sites (tertiary alicyclic amines) is 1. The van der Waals surface area contributed by atoms with Crippen LogP contribution in [0.5, 0.6) is 0 Å². The number of hydrogen-bond acceptors (Lipinski definition) is 6. The summed E-state index contributed by atoms with van der Waals surface area (Å²) in [7, 11) is 0. The molecule has 1 aromatic carbocycles. The molecule has 0 radical (unpaired) electrons. The van der Waals surface area contributed by atoms with Crippen molar-refractivity contribution in [2.75, 3.05) is 19.7 Å². The zero-order valence-corrected chi connectivity index (χ0v) is 17.9. The maximum absolute atomic E-state index is 12.8. The van der Waals surface area contributed by atoms with Crippen LogP contribution in [0.25, 0.3) is 23.0 Å². The second-order valence-corrected chi connectivity index (χ2v) is 7.79. The minimum Gasteiger partial charge on any atom is -0.466 e. The first-order chi connectivity index (χ1) is 15.0. The van der Waals surface area contributed by atoms with Crippen LogP contribution in [-0.2, 0) is 20.9 Å². The fraction of sp³-hybridized carbons (Fsp3) is 0.364. The minimum atomic E-state index is -0.171. The van der Waals surface area contributed by atoms with Crippen molar-refractivity contribution in [2.45, 2.75) is 26.3 Å². The SMILES string of the molecule is CCOC(=O)C1CCN(C(=O)Cn2cccc2-c2nc(-c3ccc(Cl)cc3)no2)CC1. The number of carbonyl (C=O) groups is 2. The minimum absolute atomic E-state index is 0.0165. The van der Waals surface area contributed by atoms with Gasteiger partial charge in [-0.05, 0) is 56.2 Å². The van der Waals surface area contributed by atoms with Crippen molar-refractivity contribution < 1.29 is 18.8 Å². The molecule has 1 aliphatic heterocycles. The van der Waals surface area contributed by atoms with E-state index in [1.54, 1.807) is 28.5 Å². The van der Waals surface area contributed by atoms with Crippen LogP contribution < -0.4 is 0 Å². The fourth-order valence-corrected chi connectivity index (χ4v) is 3.79. The number of amides is 1. The quantitative estimate of drug-likeness (QED) is 0.541. The van der Waals surface area contributed by atoms with Crippen LogP contribution in [-0.4, -0.2) is 51.2 Å². The largest absolute Gasteiger partial charge is 0.466 e. The molecule has 0 aliphatic carbocycles. The van der Waals surface area contributed by atoms with Gasteiger partial charge in [0.1, 0.15) is 12.2 Å². The van der Waals surface area contributed by atoms with Gasteiger partial charge in [0.05, 0.1) is 12.5 Å². The molecule has 9 heteroatoms. The molecule has 0 bridgehead atoms. The van der Waals surface area contributed by atoms with Gasteiger partial charge in [-0.2, -0.15) is 4.98 Å². The van der Waals surface area contributed by atoms with E-state index in [1.807, 2.05) is 30.5 Å². The van der Waals surface area contributed by atoms with Gasteiger partial charge in [0.15, 0.2) is 0 Å². The number of hydrogen-bond donors (Lipinski definition) is 0. The Labute approximate surface area is 184 Å². The van der Waals surface area contributed by atoms with Crippen molar-refractivity contribution in [1.82, 2.24) is 19.6 Å². The van der Waals surface area contributed by atoms with Crippen LogP contribution in [0, 0.1) is 5.92 Å². The summed E-state index contributed by atoms with van der Waals surface area (Å²) in [4.78, 5) is 31.0. The predicted octanol–water partition coefficient (Wildman–Crippen LogP) is 3.66. The highest BCUT2D eigenvalue weighted by Crippen LogP contribution is 2.24. The van der Waals surface area contributed by atoms with Crippen LogP contribution in [0.3, 0.4) is 0 Å².